The summed E-state index contributed by atoms with van der Waals surface area (Å²) in [5.74, 6) is 0.696. The first-order valence-corrected chi connectivity index (χ1v) is 5.08. The highest BCUT2D eigenvalue weighted by molar-refractivity contribution is 5.65. The van der Waals surface area contributed by atoms with Gasteiger partial charge in [0.15, 0.2) is 0 Å². The maximum absolute atomic E-state index is 5.64. The molecule has 0 radical (unpaired) electrons. The average molecular weight is 226 g/mol. The number of methoxy groups -OCH3 is 1. The van der Waals surface area contributed by atoms with Crippen LogP contribution >= 0.6 is 0 Å². The molecule has 1 aromatic carbocycles. The van der Waals surface area contributed by atoms with Crippen molar-refractivity contribution in [1.29, 1.82) is 0 Å². The molecule has 5 nitrogen and oxygen atoms in total. The van der Waals surface area contributed by atoms with Gasteiger partial charge in [0.05, 0.1) is 31.2 Å². The highest BCUT2D eigenvalue weighted by Gasteiger charge is 1.98. The third-order valence-corrected chi connectivity index (χ3v) is 1.99. The molecule has 0 atom stereocenters. The second-order valence-electron chi connectivity index (χ2n) is 3.24. The van der Waals surface area contributed by atoms with E-state index < -0.39 is 0 Å². The van der Waals surface area contributed by atoms with Crippen molar-refractivity contribution in [2.75, 3.05) is 45.0 Å². The molecule has 0 aliphatic heterocycles. The summed E-state index contributed by atoms with van der Waals surface area (Å²) in [6, 6.07) is 5.20. The molecular weight excluding hydrogens is 208 g/mol. The summed E-state index contributed by atoms with van der Waals surface area (Å²) >= 11 is 0. The van der Waals surface area contributed by atoms with Crippen molar-refractivity contribution >= 4 is 11.4 Å². The van der Waals surface area contributed by atoms with Crippen molar-refractivity contribution in [2.45, 2.75) is 0 Å². The summed E-state index contributed by atoms with van der Waals surface area (Å²) in [5.41, 5.74) is 12.3. The lowest BCUT2D eigenvalue weighted by Gasteiger charge is -2.08. The zero-order valence-electron chi connectivity index (χ0n) is 9.44. The monoisotopic (exact) mass is 226 g/mol. The van der Waals surface area contributed by atoms with E-state index >= 15 is 0 Å². The van der Waals surface area contributed by atoms with Crippen LogP contribution in [0.1, 0.15) is 0 Å². The van der Waals surface area contributed by atoms with Gasteiger partial charge in [-0.2, -0.15) is 0 Å². The van der Waals surface area contributed by atoms with E-state index in [2.05, 4.69) is 0 Å². The summed E-state index contributed by atoms with van der Waals surface area (Å²) in [5, 5.41) is 0. The van der Waals surface area contributed by atoms with Crippen LogP contribution in [0.25, 0.3) is 0 Å². The fourth-order valence-corrected chi connectivity index (χ4v) is 1.11. The molecule has 0 unspecified atom stereocenters. The van der Waals surface area contributed by atoms with E-state index in [1.807, 2.05) is 0 Å². The first-order chi connectivity index (χ1) is 7.74. The Morgan fingerprint density at radius 2 is 1.75 bits per heavy atom. The molecule has 4 N–H and O–H groups in total. The third-order valence-electron chi connectivity index (χ3n) is 1.99. The number of nitrogens with two attached hydrogens (primary N) is 2. The maximum atomic E-state index is 5.64. The molecule has 1 aromatic rings. The molecule has 0 aliphatic carbocycles. The van der Waals surface area contributed by atoms with Crippen molar-refractivity contribution in [2.24, 2.45) is 0 Å². The van der Waals surface area contributed by atoms with Crippen LogP contribution in [0.4, 0.5) is 11.4 Å². The number of nitrogen functional groups attached to an aromatic ring is 2. The smallest absolute Gasteiger partial charge is 0.121 e. The maximum Gasteiger partial charge on any atom is 0.121 e. The van der Waals surface area contributed by atoms with E-state index in [-0.39, 0.29) is 0 Å². The van der Waals surface area contributed by atoms with Gasteiger partial charge in [0.25, 0.3) is 0 Å². The molecule has 0 saturated heterocycles. The number of anilines is 2. The van der Waals surface area contributed by atoms with Gasteiger partial charge in [-0.1, -0.05) is 0 Å². The van der Waals surface area contributed by atoms with Gasteiger partial charge in [0, 0.05) is 13.2 Å². The Balaban J connectivity index is 2.19. The van der Waals surface area contributed by atoms with E-state index in [0.29, 0.717) is 43.6 Å². The molecule has 0 spiro atoms. The van der Waals surface area contributed by atoms with Gasteiger partial charge in [0.2, 0.25) is 0 Å². The van der Waals surface area contributed by atoms with Gasteiger partial charge >= 0.3 is 0 Å². The van der Waals surface area contributed by atoms with E-state index in [9.17, 15) is 0 Å². The van der Waals surface area contributed by atoms with E-state index in [1.165, 1.54) is 0 Å². The molecule has 0 amide bonds. The molecule has 0 fully saturated rings. The first-order valence-electron chi connectivity index (χ1n) is 5.08. The van der Waals surface area contributed by atoms with Crippen LogP contribution < -0.4 is 16.2 Å². The third kappa shape index (κ3) is 4.37. The second-order valence-corrected chi connectivity index (χ2v) is 3.24. The molecule has 0 aliphatic rings. The van der Waals surface area contributed by atoms with Gasteiger partial charge in [-0.05, 0) is 12.1 Å². The molecular formula is C11H18N2O3. The Morgan fingerprint density at radius 3 is 2.44 bits per heavy atom. The quantitative estimate of drug-likeness (QED) is 0.533. The first kappa shape index (κ1) is 12.6. The fraction of sp³-hybridized carbons (Fsp3) is 0.455. The lowest BCUT2D eigenvalue weighted by molar-refractivity contribution is 0.0544. The minimum atomic E-state index is 0.479. The van der Waals surface area contributed by atoms with Crippen LogP contribution in [0.2, 0.25) is 0 Å². The van der Waals surface area contributed by atoms with Crippen LogP contribution in [-0.2, 0) is 9.47 Å². The van der Waals surface area contributed by atoms with Crippen LogP contribution in [0.5, 0.6) is 5.75 Å². The highest BCUT2D eigenvalue weighted by atomic mass is 16.5. The summed E-state index contributed by atoms with van der Waals surface area (Å²) in [6.07, 6.45) is 0. The Morgan fingerprint density at radius 1 is 1.00 bits per heavy atom. The second kappa shape index (κ2) is 6.92. The minimum Gasteiger partial charge on any atom is -0.491 e. The fourth-order valence-electron chi connectivity index (χ4n) is 1.11. The van der Waals surface area contributed by atoms with Crippen LogP contribution in [0, 0.1) is 0 Å². The molecule has 5 heteroatoms. The number of ether oxygens (including phenoxy) is 3. The van der Waals surface area contributed by atoms with Gasteiger partial charge < -0.3 is 25.7 Å². The average Bonchev–Trinajstić information content (AvgIpc) is 2.28. The molecule has 16 heavy (non-hydrogen) atoms. The standard InChI is InChI=1S/C11H18N2O3/c1-14-4-5-15-6-7-16-9-2-3-10(12)11(13)8-9/h2-3,8H,4-7,12-13H2,1H3. The van der Waals surface area contributed by atoms with E-state index in [4.69, 9.17) is 25.7 Å². The predicted octanol–water partition coefficient (Wildman–Crippen LogP) is 0.893. The minimum absolute atomic E-state index is 0.479. The molecule has 90 valence electrons. The van der Waals surface area contributed by atoms with E-state index in [1.54, 1.807) is 25.3 Å². The predicted molar refractivity (Wildman–Crippen MR) is 63.5 cm³/mol. The topological polar surface area (TPSA) is 79.7 Å². The van der Waals surface area contributed by atoms with Crippen molar-refractivity contribution < 1.29 is 14.2 Å². The van der Waals surface area contributed by atoms with Gasteiger partial charge in [-0.25, -0.2) is 0 Å². The Bertz CT molecular complexity index is 318. The molecule has 0 heterocycles. The molecule has 0 aromatic heterocycles. The lowest BCUT2D eigenvalue weighted by Crippen LogP contribution is -2.10. The highest BCUT2D eigenvalue weighted by Crippen LogP contribution is 2.21. The Kier molecular flexibility index (Phi) is 5.45. The summed E-state index contributed by atoms with van der Waals surface area (Å²) in [7, 11) is 1.64. The SMILES string of the molecule is COCCOCCOc1ccc(N)c(N)c1. The normalized spacial score (nSPS) is 10.3. The van der Waals surface area contributed by atoms with Gasteiger partial charge in [0.1, 0.15) is 12.4 Å². The zero-order valence-corrected chi connectivity index (χ0v) is 9.44. The number of hydrogen-bond donors (Lipinski definition) is 2. The van der Waals surface area contributed by atoms with Crippen LogP contribution in [0.3, 0.4) is 0 Å². The number of rotatable bonds is 7. The Hall–Kier alpha value is -1.46. The van der Waals surface area contributed by atoms with Gasteiger partial charge in [-0.3, -0.25) is 0 Å². The van der Waals surface area contributed by atoms with Crippen molar-refractivity contribution in [3.05, 3.63) is 18.2 Å². The van der Waals surface area contributed by atoms with Crippen molar-refractivity contribution in [3.63, 3.8) is 0 Å². The van der Waals surface area contributed by atoms with Crippen molar-refractivity contribution in [3.8, 4) is 5.75 Å². The van der Waals surface area contributed by atoms with Crippen LogP contribution in [-0.4, -0.2) is 33.5 Å². The number of benzene rings is 1. The van der Waals surface area contributed by atoms with Gasteiger partial charge in [-0.15, -0.1) is 0 Å². The van der Waals surface area contributed by atoms with Crippen molar-refractivity contribution in [1.82, 2.24) is 0 Å². The molecule has 0 saturated carbocycles. The Labute approximate surface area is 95.3 Å². The summed E-state index contributed by atoms with van der Waals surface area (Å²) in [6.45, 7) is 2.17. The summed E-state index contributed by atoms with van der Waals surface area (Å²) < 4.78 is 15.5. The largest absolute Gasteiger partial charge is 0.491 e. The van der Waals surface area contributed by atoms with Crippen LogP contribution in [0.15, 0.2) is 18.2 Å². The zero-order chi connectivity index (χ0) is 11.8. The van der Waals surface area contributed by atoms with E-state index in [0.717, 1.165) is 0 Å². The summed E-state index contributed by atoms with van der Waals surface area (Å²) in [4.78, 5) is 0. The lowest BCUT2D eigenvalue weighted by atomic mass is 10.2. The molecule has 0 bridgehead atoms. The molecule has 1 rings (SSSR count). The number of hydrogen-bond acceptors (Lipinski definition) is 5.